The van der Waals surface area contributed by atoms with Gasteiger partial charge in [-0.3, -0.25) is 4.79 Å². The molecule has 1 aliphatic carbocycles. The van der Waals surface area contributed by atoms with E-state index >= 15 is 0 Å². The first-order valence-corrected chi connectivity index (χ1v) is 10.1. The molecule has 10 heteroatoms. The van der Waals surface area contributed by atoms with Gasteiger partial charge in [0.05, 0.1) is 5.52 Å². The van der Waals surface area contributed by atoms with Gasteiger partial charge in [0.1, 0.15) is 5.69 Å². The molecule has 0 radical (unpaired) electrons. The van der Waals surface area contributed by atoms with E-state index in [1.165, 1.54) is 0 Å². The Morgan fingerprint density at radius 1 is 1.17 bits per heavy atom. The number of halogens is 3. The number of alkyl halides is 3. The highest BCUT2D eigenvalue weighted by Crippen LogP contribution is 2.34. The molecule has 152 valence electrons. The van der Waals surface area contributed by atoms with Crippen LogP contribution in [0.25, 0.3) is 10.9 Å². The quantitative estimate of drug-likeness (QED) is 0.658. The predicted octanol–water partition coefficient (Wildman–Crippen LogP) is 4.26. The molecular formula is C19H18F3N5OS. The van der Waals surface area contributed by atoms with Gasteiger partial charge < -0.3 is 10.6 Å². The zero-order valence-corrected chi connectivity index (χ0v) is 16.1. The van der Waals surface area contributed by atoms with Crippen LogP contribution in [0.3, 0.4) is 0 Å². The Morgan fingerprint density at radius 2 is 1.97 bits per heavy atom. The summed E-state index contributed by atoms with van der Waals surface area (Å²) in [6, 6.07) is 7.68. The van der Waals surface area contributed by atoms with Crippen molar-refractivity contribution in [3.8, 4) is 0 Å². The largest absolute Gasteiger partial charge is 0.433 e. The summed E-state index contributed by atoms with van der Waals surface area (Å²) < 4.78 is 43.5. The number of rotatable bonds is 4. The number of nitrogens with zero attached hydrogens (tertiary/aromatic N) is 3. The van der Waals surface area contributed by atoms with Gasteiger partial charge in [0.2, 0.25) is 0 Å². The molecule has 1 amide bonds. The van der Waals surface area contributed by atoms with E-state index in [4.69, 9.17) is 0 Å². The van der Waals surface area contributed by atoms with Gasteiger partial charge >= 0.3 is 6.18 Å². The summed E-state index contributed by atoms with van der Waals surface area (Å²) in [5.74, 6) is -0.280. The molecule has 0 spiro atoms. The smallest absolute Gasteiger partial charge is 0.382 e. The molecule has 0 saturated heterocycles. The normalized spacial score (nSPS) is 19.8. The van der Waals surface area contributed by atoms with E-state index < -0.39 is 11.9 Å². The molecule has 2 heterocycles. The van der Waals surface area contributed by atoms with Gasteiger partial charge in [-0.1, -0.05) is 22.7 Å². The number of carbonyl (C=O) groups is 1. The van der Waals surface area contributed by atoms with Gasteiger partial charge in [-0.2, -0.15) is 13.2 Å². The molecular weight excluding hydrogens is 403 g/mol. The van der Waals surface area contributed by atoms with E-state index in [2.05, 4.69) is 25.2 Å². The average molecular weight is 421 g/mol. The fraction of sp³-hybridized carbons (Fsp3) is 0.368. The van der Waals surface area contributed by atoms with E-state index in [-0.39, 0.29) is 23.7 Å². The zero-order chi connectivity index (χ0) is 20.4. The van der Waals surface area contributed by atoms with Gasteiger partial charge in [-0.05, 0) is 49.3 Å². The second-order valence-electron chi connectivity index (χ2n) is 7.04. The van der Waals surface area contributed by atoms with Crippen LogP contribution < -0.4 is 10.6 Å². The molecule has 29 heavy (non-hydrogen) atoms. The van der Waals surface area contributed by atoms with E-state index in [0.717, 1.165) is 36.9 Å². The zero-order valence-electron chi connectivity index (χ0n) is 15.2. The fourth-order valence-corrected chi connectivity index (χ4v) is 4.07. The Morgan fingerprint density at radius 3 is 2.72 bits per heavy atom. The summed E-state index contributed by atoms with van der Waals surface area (Å²) in [6.07, 6.45) is -1.44. The first-order chi connectivity index (χ1) is 13.9. The Kier molecular flexibility index (Phi) is 5.35. The van der Waals surface area contributed by atoms with Gasteiger partial charge in [0.25, 0.3) is 5.91 Å². The van der Waals surface area contributed by atoms with Gasteiger partial charge in [-0.15, -0.1) is 5.10 Å². The van der Waals surface area contributed by atoms with Crippen LogP contribution in [0.2, 0.25) is 0 Å². The van der Waals surface area contributed by atoms with Crippen molar-refractivity contribution in [1.29, 1.82) is 0 Å². The van der Waals surface area contributed by atoms with Gasteiger partial charge in [0, 0.05) is 28.5 Å². The SMILES string of the molecule is O=C(N[C@@H]1CCC[C@H](Nc2cc(C(F)(F)F)nc3ccccc23)C1)c1csnn1. The first kappa shape index (κ1) is 19.6. The van der Waals surface area contributed by atoms with Crippen LogP contribution >= 0.6 is 11.5 Å². The fourth-order valence-electron chi connectivity index (χ4n) is 3.63. The topological polar surface area (TPSA) is 79.8 Å². The van der Waals surface area contributed by atoms with Crippen LogP contribution in [0.5, 0.6) is 0 Å². The molecule has 1 aromatic carbocycles. The van der Waals surface area contributed by atoms with Crippen molar-refractivity contribution in [2.75, 3.05) is 5.32 Å². The maximum atomic E-state index is 13.3. The van der Waals surface area contributed by atoms with E-state index in [0.29, 0.717) is 23.0 Å². The number of pyridine rings is 1. The lowest BCUT2D eigenvalue weighted by atomic mass is 9.90. The molecule has 2 atom stereocenters. The molecule has 2 N–H and O–H groups in total. The maximum absolute atomic E-state index is 13.3. The summed E-state index contributed by atoms with van der Waals surface area (Å²) >= 11 is 1.10. The van der Waals surface area contributed by atoms with E-state index in [1.54, 1.807) is 29.6 Å². The number of amides is 1. The van der Waals surface area contributed by atoms with Crippen molar-refractivity contribution < 1.29 is 18.0 Å². The number of nitrogens with one attached hydrogen (secondary N) is 2. The highest BCUT2D eigenvalue weighted by atomic mass is 32.1. The highest BCUT2D eigenvalue weighted by Gasteiger charge is 2.34. The molecule has 0 unspecified atom stereocenters. The average Bonchev–Trinajstić information content (AvgIpc) is 3.22. The standard InChI is InChI=1S/C19H18F3N5OS/c20-19(21,22)17-9-15(13-6-1-2-7-14(13)25-17)23-11-4-3-5-12(8-11)24-18(28)16-10-29-27-26-16/h1-2,6-7,9-12H,3-5,8H2,(H,23,25)(H,24,28)/t11-,12+/m0/s1. The molecule has 6 nitrogen and oxygen atoms in total. The third-order valence-corrected chi connectivity index (χ3v) is 5.47. The molecule has 1 fully saturated rings. The molecule has 1 saturated carbocycles. The minimum atomic E-state index is -4.52. The van der Waals surface area contributed by atoms with Crippen LogP contribution in [0.1, 0.15) is 41.9 Å². The van der Waals surface area contributed by atoms with Gasteiger partial charge in [-0.25, -0.2) is 4.98 Å². The van der Waals surface area contributed by atoms with Crippen molar-refractivity contribution in [3.05, 3.63) is 47.1 Å². The van der Waals surface area contributed by atoms with Crippen molar-refractivity contribution >= 4 is 34.0 Å². The number of hydrogen-bond acceptors (Lipinski definition) is 6. The minimum absolute atomic E-state index is 0.0606. The summed E-state index contributed by atoms with van der Waals surface area (Å²) in [7, 11) is 0. The summed E-state index contributed by atoms with van der Waals surface area (Å²) in [6.45, 7) is 0. The summed E-state index contributed by atoms with van der Waals surface area (Å²) in [4.78, 5) is 16.0. The third-order valence-electron chi connectivity index (χ3n) is 4.97. The van der Waals surface area contributed by atoms with Crippen molar-refractivity contribution in [3.63, 3.8) is 0 Å². The van der Waals surface area contributed by atoms with E-state index in [9.17, 15) is 18.0 Å². The first-order valence-electron chi connectivity index (χ1n) is 9.21. The summed E-state index contributed by atoms with van der Waals surface area (Å²) in [5, 5.41) is 12.2. The molecule has 2 aromatic heterocycles. The lowest BCUT2D eigenvalue weighted by molar-refractivity contribution is -0.140. The number of fused-ring (bicyclic) bond motifs is 1. The molecule has 4 rings (SSSR count). The number of hydrogen-bond donors (Lipinski definition) is 2. The Labute approximate surface area is 168 Å². The van der Waals surface area contributed by atoms with Crippen LogP contribution in [0.4, 0.5) is 18.9 Å². The Hall–Kier alpha value is -2.75. The lowest BCUT2D eigenvalue weighted by Gasteiger charge is -2.31. The van der Waals surface area contributed by atoms with Crippen LogP contribution in [0.15, 0.2) is 35.7 Å². The van der Waals surface area contributed by atoms with Crippen molar-refractivity contribution in [2.24, 2.45) is 0 Å². The van der Waals surface area contributed by atoms with Crippen LogP contribution in [-0.2, 0) is 6.18 Å². The van der Waals surface area contributed by atoms with E-state index in [1.807, 2.05) is 0 Å². The second kappa shape index (κ2) is 7.94. The van der Waals surface area contributed by atoms with Crippen LogP contribution in [0, 0.1) is 0 Å². The third kappa shape index (κ3) is 4.47. The van der Waals surface area contributed by atoms with Crippen molar-refractivity contribution in [2.45, 2.75) is 43.9 Å². The molecule has 0 aliphatic heterocycles. The molecule has 3 aromatic rings. The summed E-state index contributed by atoms with van der Waals surface area (Å²) in [5.41, 5.74) is 0.0561. The number of para-hydroxylation sites is 1. The highest BCUT2D eigenvalue weighted by molar-refractivity contribution is 7.03. The lowest BCUT2D eigenvalue weighted by Crippen LogP contribution is -2.42. The number of aromatic nitrogens is 3. The number of carbonyl (C=O) groups excluding carboxylic acids is 1. The molecule has 0 bridgehead atoms. The monoisotopic (exact) mass is 421 g/mol. The number of benzene rings is 1. The van der Waals surface area contributed by atoms with Gasteiger partial charge in [0.15, 0.2) is 5.69 Å². The number of anilines is 1. The Bertz CT molecular complexity index is 1010. The Balaban J connectivity index is 1.52. The predicted molar refractivity (Wildman–Crippen MR) is 104 cm³/mol. The second-order valence-corrected chi connectivity index (χ2v) is 7.65. The minimum Gasteiger partial charge on any atom is -0.382 e. The van der Waals surface area contributed by atoms with Crippen LogP contribution in [-0.4, -0.2) is 32.6 Å². The molecule has 1 aliphatic rings. The van der Waals surface area contributed by atoms with Crippen molar-refractivity contribution in [1.82, 2.24) is 19.9 Å². The maximum Gasteiger partial charge on any atom is 0.433 e.